The molecule has 0 atom stereocenters. The Morgan fingerprint density at radius 1 is 1.14 bits per heavy atom. The van der Waals surface area contributed by atoms with Gasteiger partial charge in [-0.25, -0.2) is 21.9 Å². The van der Waals surface area contributed by atoms with Crippen LogP contribution in [0.5, 0.6) is 0 Å². The molecule has 0 aliphatic rings. The molecule has 0 bridgehead atoms. The minimum Gasteiger partial charge on any atom is -0.399 e. The molecule has 2 aromatic rings. The Morgan fingerprint density at radius 2 is 1.76 bits per heavy atom. The SMILES string of the molecule is Nc1ccc(CNS(=O)(=O)c2c(F)cc(F)cc2Br)cc1. The molecule has 4 nitrogen and oxygen atoms in total. The van der Waals surface area contributed by atoms with Gasteiger partial charge in [0, 0.05) is 22.8 Å². The molecule has 2 aromatic carbocycles. The van der Waals surface area contributed by atoms with Gasteiger partial charge in [-0.1, -0.05) is 12.1 Å². The lowest BCUT2D eigenvalue weighted by Gasteiger charge is -2.10. The summed E-state index contributed by atoms with van der Waals surface area (Å²) in [6.07, 6.45) is 0. The van der Waals surface area contributed by atoms with Crippen LogP contribution >= 0.6 is 15.9 Å². The van der Waals surface area contributed by atoms with Crippen LogP contribution in [0.25, 0.3) is 0 Å². The van der Waals surface area contributed by atoms with Gasteiger partial charge in [0.05, 0.1) is 0 Å². The number of benzene rings is 2. The van der Waals surface area contributed by atoms with Gasteiger partial charge in [-0.2, -0.15) is 0 Å². The number of sulfonamides is 1. The van der Waals surface area contributed by atoms with Gasteiger partial charge >= 0.3 is 0 Å². The fourth-order valence-electron chi connectivity index (χ4n) is 1.67. The van der Waals surface area contributed by atoms with E-state index >= 15 is 0 Å². The first kappa shape index (κ1) is 15.9. The van der Waals surface area contributed by atoms with E-state index in [4.69, 9.17) is 5.73 Å². The van der Waals surface area contributed by atoms with E-state index in [0.29, 0.717) is 17.3 Å². The molecule has 0 saturated carbocycles. The molecule has 0 aliphatic heterocycles. The van der Waals surface area contributed by atoms with Crippen LogP contribution in [0.4, 0.5) is 14.5 Å². The first-order valence-electron chi connectivity index (χ1n) is 5.78. The maximum Gasteiger partial charge on any atom is 0.244 e. The number of nitrogen functional groups attached to an aromatic ring is 1. The Hall–Kier alpha value is -1.51. The Bertz CT molecular complexity index is 741. The summed E-state index contributed by atoms with van der Waals surface area (Å²) < 4.78 is 52.9. The van der Waals surface area contributed by atoms with Crippen molar-refractivity contribution in [2.45, 2.75) is 11.4 Å². The van der Waals surface area contributed by atoms with Crippen LogP contribution in [0, 0.1) is 11.6 Å². The lowest BCUT2D eigenvalue weighted by molar-refractivity contribution is 0.540. The third-order valence-corrected chi connectivity index (χ3v) is 5.04. The quantitative estimate of drug-likeness (QED) is 0.805. The number of hydrogen-bond donors (Lipinski definition) is 2. The van der Waals surface area contributed by atoms with Gasteiger partial charge in [0.25, 0.3) is 0 Å². The minimum atomic E-state index is -4.12. The van der Waals surface area contributed by atoms with E-state index in [2.05, 4.69) is 20.7 Å². The highest BCUT2D eigenvalue weighted by atomic mass is 79.9. The monoisotopic (exact) mass is 376 g/mol. The van der Waals surface area contributed by atoms with Crippen LogP contribution < -0.4 is 10.5 Å². The van der Waals surface area contributed by atoms with Crippen molar-refractivity contribution in [3.05, 3.63) is 58.1 Å². The van der Waals surface area contributed by atoms with Crippen molar-refractivity contribution < 1.29 is 17.2 Å². The number of nitrogens with one attached hydrogen (secondary N) is 1. The summed E-state index contributed by atoms with van der Waals surface area (Å²) in [5.41, 5.74) is 6.73. The summed E-state index contributed by atoms with van der Waals surface area (Å²) in [5, 5.41) is 0. The minimum absolute atomic E-state index is 0.0358. The molecular formula is C13H11BrF2N2O2S. The molecule has 0 fully saturated rings. The number of anilines is 1. The van der Waals surface area contributed by atoms with E-state index in [9.17, 15) is 17.2 Å². The third-order valence-electron chi connectivity index (χ3n) is 2.68. The van der Waals surface area contributed by atoms with Gasteiger partial charge < -0.3 is 5.73 Å². The van der Waals surface area contributed by atoms with Crippen molar-refractivity contribution in [2.24, 2.45) is 0 Å². The summed E-state index contributed by atoms with van der Waals surface area (Å²) in [5.74, 6) is -2.02. The summed E-state index contributed by atoms with van der Waals surface area (Å²) in [4.78, 5) is -0.626. The second kappa shape index (κ2) is 6.08. The van der Waals surface area contributed by atoms with Crippen LogP contribution in [-0.2, 0) is 16.6 Å². The molecular weight excluding hydrogens is 366 g/mol. The van der Waals surface area contributed by atoms with Crippen LogP contribution in [0.15, 0.2) is 45.8 Å². The third kappa shape index (κ3) is 3.78. The zero-order valence-corrected chi connectivity index (χ0v) is 13.0. The van der Waals surface area contributed by atoms with Crippen molar-refractivity contribution in [2.75, 3.05) is 5.73 Å². The van der Waals surface area contributed by atoms with Crippen molar-refractivity contribution in [1.29, 1.82) is 0 Å². The van der Waals surface area contributed by atoms with Gasteiger partial charge in [-0.3, -0.25) is 0 Å². The summed E-state index contributed by atoms with van der Waals surface area (Å²) in [6, 6.07) is 7.95. The second-order valence-electron chi connectivity index (χ2n) is 4.26. The first-order chi connectivity index (χ1) is 9.79. The number of nitrogens with two attached hydrogens (primary N) is 1. The molecule has 0 saturated heterocycles. The predicted molar refractivity (Wildman–Crippen MR) is 78.9 cm³/mol. The van der Waals surface area contributed by atoms with Crippen molar-refractivity contribution in [1.82, 2.24) is 4.72 Å². The standard InChI is InChI=1S/C13H11BrF2N2O2S/c14-11-5-9(15)6-12(16)13(11)21(19,20)18-7-8-1-3-10(17)4-2-8/h1-6,18H,7,17H2. The Morgan fingerprint density at radius 3 is 2.33 bits per heavy atom. The molecule has 21 heavy (non-hydrogen) atoms. The smallest absolute Gasteiger partial charge is 0.244 e. The summed E-state index contributed by atoms with van der Waals surface area (Å²) in [7, 11) is -4.12. The highest BCUT2D eigenvalue weighted by molar-refractivity contribution is 9.10. The van der Waals surface area contributed by atoms with Gasteiger partial charge in [-0.15, -0.1) is 0 Å². The maximum absolute atomic E-state index is 13.7. The van der Waals surface area contributed by atoms with Crippen molar-refractivity contribution >= 4 is 31.6 Å². The van der Waals surface area contributed by atoms with E-state index in [1.807, 2.05) is 0 Å². The Balaban J connectivity index is 2.25. The molecule has 0 radical (unpaired) electrons. The van der Waals surface area contributed by atoms with E-state index in [1.54, 1.807) is 24.3 Å². The van der Waals surface area contributed by atoms with Gasteiger partial charge in [0.2, 0.25) is 10.0 Å². The van der Waals surface area contributed by atoms with Gasteiger partial charge in [0.15, 0.2) is 0 Å². The molecule has 112 valence electrons. The number of rotatable bonds is 4. The zero-order valence-electron chi connectivity index (χ0n) is 10.6. The highest BCUT2D eigenvalue weighted by Crippen LogP contribution is 2.26. The average molecular weight is 377 g/mol. The van der Waals surface area contributed by atoms with Crippen LogP contribution in [0.1, 0.15) is 5.56 Å². The second-order valence-corrected chi connectivity index (χ2v) is 6.82. The average Bonchev–Trinajstić information content (AvgIpc) is 2.36. The lowest BCUT2D eigenvalue weighted by atomic mass is 10.2. The largest absolute Gasteiger partial charge is 0.399 e. The molecule has 0 heterocycles. The number of hydrogen-bond acceptors (Lipinski definition) is 3. The first-order valence-corrected chi connectivity index (χ1v) is 8.06. The molecule has 0 aromatic heterocycles. The van der Waals surface area contributed by atoms with E-state index in [1.165, 1.54) is 0 Å². The summed E-state index contributed by atoms with van der Waals surface area (Å²) in [6.45, 7) is -0.0358. The zero-order chi connectivity index (χ0) is 15.6. The maximum atomic E-state index is 13.7. The van der Waals surface area contributed by atoms with Gasteiger partial charge in [0.1, 0.15) is 16.5 Å². The molecule has 0 spiro atoms. The molecule has 2 rings (SSSR count). The Labute approximate surface area is 129 Å². The fourth-order valence-corrected chi connectivity index (χ4v) is 3.85. The Kier molecular flexibility index (Phi) is 4.60. The van der Waals surface area contributed by atoms with Crippen molar-refractivity contribution in [3.8, 4) is 0 Å². The normalized spacial score (nSPS) is 11.6. The highest BCUT2D eigenvalue weighted by Gasteiger charge is 2.23. The lowest BCUT2D eigenvalue weighted by Crippen LogP contribution is -2.24. The topological polar surface area (TPSA) is 72.2 Å². The van der Waals surface area contributed by atoms with E-state index < -0.39 is 26.6 Å². The van der Waals surface area contributed by atoms with Crippen LogP contribution in [0.3, 0.4) is 0 Å². The summed E-state index contributed by atoms with van der Waals surface area (Å²) >= 11 is 2.85. The van der Waals surface area contributed by atoms with Crippen LogP contribution in [0.2, 0.25) is 0 Å². The fraction of sp³-hybridized carbons (Fsp3) is 0.0769. The molecule has 8 heteroatoms. The van der Waals surface area contributed by atoms with Gasteiger partial charge in [-0.05, 0) is 39.7 Å². The van der Waals surface area contributed by atoms with E-state index in [0.717, 1.165) is 6.07 Å². The molecule has 0 amide bonds. The van der Waals surface area contributed by atoms with E-state index in [-0.39, 0.29) is 11.0 Å². The number of halogens is 3. The van der Waals surface area contributed by atoms with Crippen LogP contribution in [-0.4, -0.2) is 8.42 Å². The molecule has 3 N–H and O–H groups in total. The van der Waals surface area contributed by atoms with Crippen molar-refractivity contribution in [3.63, 3.8) is 0 Å². The molecule has 0 aliphatic carbocycles. The molecule has 0 unspecified atom stereocenters. The predicted octanol–water partition coefficient (Wildman–Crippen LogP) is 2.79.